The van der Waals surface area contributed by atoms with Crippen LogP contribution in [0.3, 0.4) is 0 Å². The van der Waals surface area contributed by atoms with Gasteiger partial charge in [0.25, 0.3) is 0 Å². The maximum Gasteiger partial charge on any atom is 0.244 e. The minimum absolute atomic E-state index is 0.0459. The van der Waals surface area contributed by atoms with Crippen LogP contribution in [0.25, 0.3) is 0 Å². The Balaban J connectivity index is 2.07. The van der Waals surface area contributed by atoms with Crippen LogP contribution in [-0.2, 0) is 23.0 Å². The topological polar surface area (TPSA) is 140 Å². The second-order valence-corrected chi connectivity index (χ2v) is 5.52. The van der Waals surface area contributed by atoms with Crippen molar-refractivity contribution in [2.75, 3.05) is 6.54 Å². The van der Waals surface area contributed by atoms with E-state index in [1.807, 2.05) is 0 Å². The fourth-order valence-corrected chi connectivity index (χ4v) is 3.04. The molecule has 10 heteroatoms. The number of H-pyrrole nitrogens is 1. The van der Waals surface area contributed by atoms with Gasteiger partial charge in [0.15, 0.2) is 6.33 Å². The summed E-state index contributed by atoms with van der Waals surface area (Å²) in [4.78, 5) is 3.90. The van der Waals surface area contributed by atoms with E-state index in [9.17, 15) is 8.42 Å². The van der Waals surface area contributed by atoms with Crippen molar-refractivity contribution in [2.45, 2.75) is 24.8 Å². The lowest BCUT2D eigenvalue weighted by Gasteiger charge is -2.06. The molecule has 104 valence electrons. The van der Waals surface area contributed by atoms with Gasteiger partial charge in [-0.1, -0.05) is 5.16 Å². The number of rotatable bonds is 6. The van der Waals surface area contributed by atoms with Crippen molar-refractivity contribution < 1.29 is 12.9 Å². The van der Waals surface area contributed by atoms with Crippen LogP contribution in [0.15, 0.2) is 15.7 Å². The molecule has 0 unspecified atom stereocenters. The molecular weight excluding hydrogens is 272 g/mol. The highest BCUT2D eigenvalue weighted by molar-refractivity contribution is 7.89. The predicted molar refractivity (Wildman–Crippen MR) is 64.4 cm³/mol. The summed E-state index contributed by atoms with van der Waals surface area (Å²) < 4.78 is 31.5. The van der Waals surface area contributed by atoms with E-state index in [2.05, 4.69) is 25.1 Å². The molecule has 0 atom stereocenters. The van der Waals surface area contributed by atoms with Gasteiger partial charge in [0.2, 0.25) is 15.9 Å². The minimum atomic E-state index is -3.66. The zero-order valence-electron chi connectivity index (χ0n) is 10.3. The van der Waals surface area contributed by atoms with Crippen LogP contribution in [0.4, 0.5) is 0 Å². The van der Waals surface area contributed by atoms with Gasteiger partial charge < -0.3 is 10.3 Å². The Morgan fingerprint density at radius 3 is 2.95 bits per heavy atom. The zero-order chi connectivity index (χ0) is 13.9. The largest absolute Gasteiger partial charge is 0.340 e. The molecule has 19 heavy (non-hydrogen) atoms. The summed E-state index contributed by atoms with van der Waals surface area (Å²) in [5.74, 6) is 0.366. The first-order valence-electron chi connectivity index (χ1n) is 5.53. The maximum atomic E-state index is 12.1. The Labute approximate surface area is 109 Å². The van der Waals surface area contributed by atoms with Crippen molar-refractivity contribution in [3.63, 3.8) is 0 Å². The SMILES string of the molecule is Cc1[nH]nc(CN)c1S(=O)(=O)NCCc1ncno1. The standard InChI is InChI=1S/C9H14N6O3S/c1-6-9(7(4-10)15-14-6)19(16,17)13-3-2-8-11-5-12-18-8/h5,13H,2-4,10H2,1H3,(H,14,15). The molecule has 0 bridgehead atoms. The van der Waals surface area contributed by atoms with E-state index < -0.39 is 10.0 Å². The van der Waals surface area contributed by atoms with Crippen LogP contribution >= 0.6 is 0 Å². The third-order valence-electron chi connectivity index (χ3n) is 2.46. The van der Waals surface area contributed by atoms with Crippen molar-refractivity contribution in [2.24, 2.45) is 5.73 Å². The molecule has 2 heterocycles. The van der Waals surface area contributed by atoms with Crippen molar-refractivity contribution in [3.05, 3.63) is 23.6 Å². The van der Waals surface area contributed by atoms with Crippen molar-refractivity contribution in [1.82, 2.24) is 25.1 Å². The van der Waals surface area contributed by atoms with E-state index in [0.29, 0.717) is 23.7 Å². The number of hydrogen-bond acceptors (Lipinski definition) is 7. The second kappa shape index (κ2) is 5.47. The highest BCUT2D eigenvalue weighted by Gasteiger charge is 2.23. The third-order valence-corrected chi connectivity index (χ3v) is 4.12. The highest BCUT2D eigenvalue weighted by Crippen LogP contribution is 2.16. The number of aryl methyl sites for hydroxylation is 1. The molecule has 0 saturated carbocycles. The molecule has 9 nitrogen and oxygen atoms in total. The van der Waals surface area contributed by atoms with Crippen molar-refractivity contribution >= 4 is 10.0 Å². The van der Waals surface area contributed by atoms with E-state index in [-0.39, 0.29) is 18.0 Å². The molecule has 0 aliphatic carbocycles. The Kier molecular flexibility index (Phi) is 3.93. The lowest BCUT2D eigenvalue weighted by atomic mass is 10.4. The number of nitrogens with zero attached hydrogens (tertiary/aromatic N) is 3. The molecule has 2 aromatic heterocycles. The van der Waals surface area contributed by atoms with Crippen LogP contribution in [0.5, 0.6) is 0 Å². The van der Waals surface area contributed by atoms with E-state index in [0.717, 1.165) is 0 Å². The van der Waals surface area contributed by atoms with Crippen molar-refractivity contribution in [1.29, 1.82) is 0 Å². The molecule has 0 saturated heterocycles. The summed E-state index contributed by atoms with van der Waals surface area (Å²) in [5.41, 5.74) is 6.22. The minimum Gasteiger partial charge on any atom is -0.340 e. The summed E-state index contributed by atoms with van der Waals surface area (Å²) in [7, 11) is -3.66. The summed E-state index contributed by atoms with van der Waals surface area (Å²) in [5, 5.41) is 9.89. The monoisotopic (exact) mass is 286 g/mol. The summed E-state index contributed by atoms with van der Waals surface area (Å²) in [6.45, 7) is 1.82. The Hall–Kier alpha value is -1.78. The van der Waals surface area contributed by atoms with E-state index in [4.69, 9.17) is 10.3 Å². The normalized spacial score (nSPS) is 11.9. The molecule has 0 aromatic carbocycles. The molecule has 0 amide bonds. The van der Waals surface area contributed by atoms with Gasteiger partial charge in [-0.3, -0.25) is 5.10 Å². The fraction of sp³-hybridized carbons (Fsp3) is 0.444. The van der Waals surface area contributed by atoms with Gasteiger partial charge in [0, 0.05) is 19.5 Å². The molecular formula is C9H14N6O3S. The third kappa shape index (κ3) is 2.97. The second-order valence-electron chi connectivity index (χ2n) is 3.81. The first-order chi connectivity index (χ1) is 9.04. The predicted octanol–water partition coefficient (Wildman–Crippen LogP) is -0.919. The molecule has 0 aliphatic rings. The van der Waals surface area contributed by atoms with Crippen LogP contribution in [0.1, 0.15) is 17.3 Å². The average Bonchev–Trinajstić information content (AvgIpc) is 2.98. The summed E-state index contributed by atoms with van der Waals surface area (Å²) in [6, 6.07) is 0. The molecule has 0 radical (unpaired) electrons. The lowest BCUT2D eigenvalue weighted by Crippen LogP contribution is -2.27. The summed E-state index contributed by atoms with van der Waals surface area (Å²) >= 11 is 0. The van der Waals surface area contributed by atoms with Gasteiger partial charge in [-0.2, -0.15) is 10.1 Å². The van der Waals surface area contributed by atoms with Gasteiger partial charge in [0.05, 0.1) is 11.4 Å². The van der Waals surface area contributed by atoms with Crippen molar-refractivity contribution in [3.8, 4) is 0 Å². The maximum absolute atomic E-state index is 12.1. The van der Waals surface area contributed by atoms with Gasteiger partial charge in [-0.15, -0.1) is 0 Å². The van der Waals surface area contributed by atoms with Crippen LogP contribution in [0.2, 0.25) is 0 Å². The molecule has 0 fully saturated rings. The Morgan fingerprint density at radius 1 is 1.53 bits per heavy atom. The highest BCUT2D eigenvalue weighted by atomic mass is 32.2. The van der Waals surface area contributed by atoms with E-state index >= 15 is 0 Å². The van der Waals surface area contributed by atoms with Gasteiger partial charge in [-0.25, -0.2) is 13.1 Å². The Bertz CT molecular complexity index is 633. The van der Waals surface area contributed by atoms with Gasteiger partial charge in [0.1, 0.15) is 4.90 Å². The van der Waals surface area contributed by atoms with Crippen LogP contribution in [-0.4, -0.2) is 35.3 Å². The number of aromatic amines is 1. The summed E-state index contributed by atoms with van der Waals surface area (Å²) in [6.07, 6.45) is 1.57. The smallest absolute Gasteiger partial charge is 0.244 e. The number of nitrogens with two attached hydrogens (primary N) is 1. The van der Waals surface area contributed by atoms with E-state index in [1.165, 1.54) is 6.33 Å². The molecule has 2 rings (SSSR count). The molecule has 0 spiro atoms. The first kappa shape index (κ1) is 13.6. The Morgan fingerprint density at radius 2 is 2.32 bits per heavy atom. The van der Waals surface area contributed by atoms with Gasteiger partial charge >= 0.3 is 0 Å². The average molecular weight is 286 g/mol. The van der Waals surface area contributed by atoms with Crippen LogP contribution < -0.4 is 10.5 Å². The quantitative estimate of drug-likeness (QED) is 0.623. The molecule has 4 N–H and O–H groups in total. The first-order valence-corrected chi connectivity index (χ1v) is 7.02. The molecule has 2 aromatic rings. The number of sulfonamides is 1. The number of hydrogen-bond donors (Lipinski definition) is 3. The van der Waals surface area contributed by atoms with Crippen LogP contribution in [0, 0.1) is 6.92 Å². The van der Waals surface area contributed by atoms with Gasteiger partial charge in [-0.05, 0) is 6.92 Å². The molecule has 0 aliphatic heterocycles. The van der Waals surface area contributed by atoms with E-state index in [1.54, 1.807) is 6.92 Å². The lowest BCUT2D eigenvalue weighted by molar-refractivity contribution is 0.377. The fourth-order valence-electron chi connectivity index (χ4n) is 1.63. The number of nitrogens with one attached hydrogen (secondary N) is 2. The number of aromatic nitrogens is 4. The zero-order valence-corrected chi connectivity index (χ0v) is 11.1.